The highest BCUT2D eigenvalue weighted by Crippen LogP contribution is 2.26. The minimum atomic E-state index is -0.302. The lowest BCUT2D eigenvalue weighted by molar-refractivity contribution is 0.102. The normalized spacial score (nSPS) is 10.5. The Hall–Kier alpha value is -2.66. The second kappa shape index (κ2) is 5.38. The lowest BCUT2D eigenvalue weighted by Gasteiger charge is -2.07. The maximum Gasteiger partial charge on any atom is 0.255 e. The number of hydrogen-bond donors (Lipinski definition) is 2. The summed E-state index contributed by atoms with van der Waals surface area (Å²) in [5, 5.41) is 12.4. The summed E-state index contributed by atoms with van der Waals surface area (Å²) in [6.07, 6.45) is 3.17. The second-order valence-electron chi connectivity index (χ2n) is 4.38. The van der Waals surface area contributed by atoms with E-state index < -0.39 is 0 Å². The molecule has 0 fully saturated rings. The molecule has 3 rings (SSSR count). The van der Waals surface area contributed by atoms with Crippen molar-refractivity contribution in [1.82, 2.24) is 9.97 Å². The van der Waals surface area contributed by atoms with Crippen LogP contribution in [0.5, 0.6) is 5.75 Å². The highest BCUT2D eigenvalue weighted by atomic mass is 35.5. The zero-order chi connectivity index (χ0) is 14.8. The summed E-state index contributed by atoms with van der Waals surface area (Å²) in [6.45, 7) is 0. The Morgan fingerprint density at radius 2 is 1.81 bits per heavy atom. The molecule has 3 aromatic rings. The zero-order valence-electron chi connectivity index (χ0n) is 10.7. The molecule has 0 radical (unpaired) electrons. The molecular formula is C15H10ClN3O2. The van der Waals surface area contributed by atoms with Gasteiger partial charge in [0.05, 0.1) is 16.1 Å². The Morgan fingerprint density at radius 3 is 2.57 bits per heavy atom. The van der Waals surface area contributed by atoms with E-state index in [1.807, 2.05) is 0 Å². The zero-order valence-corrected chi connectivity index (χ0v) is 11.5. The van der Waals surface area contributed by atoms with Crippen molar-refractivity contribution < 1.29 is 9.90 Å². The topological polar surface area (TPSA) is 75.1 Å². The maximum absolute atomic E-state index is 12.2. The standard InChI is InChI=1S/C15H10ClN3O2/c16-11-3-2-10(8-14(11)20)19-15(21)9-1-4-12-13(7-9)18-6-5-17-12/h1-8,20H,(H,19,21). The average Bonchev–Trinajstić information content (AvgIpc) is 2.50. The van der Waals surface area contributed by atoms with Crippen molar-refractivity contribution in [2.75, 3.05) is 5.32 Å². The highest BCUT2D eigenvalue weighted by Gasteiger charge is 2.09. The number of halogens is 1. The van der Waals surface area contributed by atoms with E-state index in [-0.39, 0.29) is 16.7 Å². The fourth-order valence-corrected chi connectivity index (χ4v) is 2.02. The number of phenolic OH excluding ortho intramolecular Hbond substituents is 1. The van der Waals surface area contributed by atoms with Gasteiger partial charge in [-0.05, 0) is 30.3 Å². The van der Waals surface area contributed by atoms with Gasteiger partial charge in [-0.25, -0.2) is 0 Å². The smallest absolute Gasteiger partial charge is 0.255 e. The van der Waals surface area contributed by atoms with Crippen LogP contribution < -0.4 is 5.32 Å². The SMILES string of the molecule is O=C(Nc1ccc(Cl)c(O)c1)c1ccc2nccnc2c1. The Bertz CT molecular complexity index is 836. The average molecular weight is 300 g/mol. The van der Waals surface area contributed by atoms with Gasteiger partial charge >= 0.3 is 0 Å². The van der Waals surface area contributed by atoms with Crippen LogP contribution in [-0.2, 0) is 0 Å². The van der Waals surface area contributed by atoms with Gasteiger partial charge in [0.15, 0.2) is 0 Å². The van der Waals surface area contributed by atoms with Crippen LogP contribution in [-0.4, -0.2) is 21.0 Å². The van der Waals surface area contributed by atoms with Crippen LogP contribution in [0.3, 0.4) is 0 Å². The highest BCUT2D eigenvalue weighted by molar-refractivity contribution is 6.32. The van der Waals surface area contributed by atoms with Crippen molar-refractivity contribution in [3.8, 4) is 5.75 Å². The van der Waals surface area contributed by atoms with E-state index >= 15 is 0 Å². The van der Waals surface area contributed by atoms with E-state index in [2.05, 4.69) is 15.3 Å². The van der Waals surface area contributed by atoms with Crippen molar-refractivity contribution >= 4 is 34.2 Å². The van der Waals surface area contributed by atoms with Gasteiger partial charge in [0.2, 0.25) is 0 Å². The molecule has 5 nitrogen and oxygen atoms in total. The summed E-state index contributed by atoms with van der Waals surface area (Å²) in [5.41, 5.74) is 2.28. The number of fused-ring (bicyclic) bond motifs is 1. The van der Waals surface area contributed by atoms with E-state index in [0.717, 1.165) is 5.52 Å². The number of aromatic nitrogens is 2. The van der Waals surface area contributed by atoms with Crippen molar-refractivity contribution in [3.05, 3.63) is 59.4 Å². The van der Waals surface area contributed by atoms with Gasteiger partial charge < -0.3 is 10.4 Å². The lowest BCUT2D eigenvalue weighted by atomic mass is 10.1. The minimum absolute atomic E-state index is 0.0844. The van der Waals surface area contributed by atoms with Gasteiger partial charge in [-0.3, -0.25) is 14.8 Å². The van der Waals surface area contributed by atoms with Gasteiger partial charge in [0, 0.05) is 29.7 Å². The number of rotatable bonds is 2. The van der Waals surface area contributed by atoms with Crippen LogP contribution in [0, 0.1) is 0 Å². The van der Waals surface area contributed by atoms with E-state index in [4.69, 9.17) is 11.6 Å². The molecule has 2 N–H and O–H groups in total. The molecule has 0 spiro atoms. The van der Waals surface area contributed by atoms with Crippen molar-refractivity contribution in [3.63, 3.8) is 0 Å². The van der Waals surface area contributed by atoms with E-state index in [0.29, 0.717) is 16.8 Å². The van der Waals surface area contributed by atoms with Gasteiger partial charge in [-0.2, -0.15) is 0 Å². The minimum Gasteiger partial charge on any atom is -0.506 e. The molecular weight excluding hydrogens is 290 g/mol. The van der Waals surface area contributed by atoms with E-state index in [1.54, 1.807) is 36.7 Å². The van der Waals surface area contributed by atoms with Gasteiger partial charge in [-0.15, -0.1) is 0 Å². The molecule has 104 valence electrons. The fraction of sp³-hybridized carbons (Fsp3) is 0. The number of hydrogen-bond acceptors (Lipinski definition) is 4. The first kappa shape index (κ1) is 13.3. The predicted octanol–water partition coefficient (Wildman–Crippen LogP) is 3.24. The monoisotopic (exact) mass is 299 g/mol. The van der Waals surface area contributed by atoms with Gasteiger partial charge in [0.25, 0.3) is 5.91 Å². The third-order valence-corrected chi connectivity index (χ3v) is 3.26. The van der Waals surface area contributed by atoms with Crippen LogP contribution in [0.25, 0.3) is 11.0 Å². The number of nitrogens with zero attached hydrogens (tertiary/aromatic N) is 2. The first-order valence-electron chi connectivity index (χ1n) is 6.14. The molecule has 0 bridgehead atoms. The van der Waals surface area contributed by atoms with Gasteiger partial charge in [-0.1, -0.05) is 11.6 Å². The quantitative estimate of drug-likeness (QED) is 0.761. The molecule has 0 aliphatic carbocycles. The maximum atomic E-state index is 12.2. The first-order chi connectivity index (χ1) is 10.1. The van der Waals surface area contributed by atoms with Crippen molar-refractivity contribution in [2.45, 2.75) is 0 Å². The molecule has 2 aromatic carbocycles. The fourth-order valence-electron chi connectivity index (χ4n) is 1.90. The lowest BCUT2D eigenvalue weighted by Crippen LogP contribution is -2.11. The number of carbonyl (C=O) groups excluding carboxylic acids is 1. The summed E-state index contributed by atoms with van der Waals surface area (Å²) in [7, 11) is 0. The number of benzene rings is 2. The Balaban J connectivity index is 1.87. The molecule has 6 heteroatoms. The number of amides is 1. The molecule has 1 heterocycles. The summed E-state index contributed by atoms with van der Waals surface area (Å²) in [4.78, 5) is 20.5. The summed E-state index contributed by atoms with van der Waals surface area (Å²) >= 11 is 5.72. The van der Waals surface area contributed by atoms with Crippen LogP contribution in [0.4, 0.5) is 5.69 Å². The van der Waals surface area contributed by atoms with Crippen LogP contribution in [0.1, 0.15) is 10.4 Å². The molecule has 0 atom stereocenters. The largest absolute Gasteiger partial charge is 0.506 e. The number of carbonyl (C=O) groups is 1. The second-order valence-corrected chi connectivity index (χ2v) is 4.79. The first-order valence-corrected chi connectivity index (χ1v) is 6.52. The molecule has 21 heavy (non-hydrogen) atoms. The molecule has 0 aliphatic heterocycles. The summed E-state index contributed by atoms with van der Waals surface area (Å²) in [5.74, 6) is -0.386. The van der Waals surface area contributed by atoms with E-state index in [1.165, 1.54) is 12.1 Å². The Kier molecular flexibility index (Phi) is 3.41. The van der Waals surface area contributed by atoms with Crippen LogP contribution >= 0.6 is 11.6 Å². The number of phenols is 1. The van der Waals surface area contributed by atoms with Crippen LogP contribution in [0.15, 0.2) is 48.8 Å². The summed E-state index contributed by atoms with van der Waals surface area (Å²) in [6, 6.07) is 9.58. The molecule has 0 saturated carbocycles. The third kappa shape index (κ3) is 2.78. The van der Waals surface area contributed by atoms with Crippen molar-refractivity contribution in [2.24, 2.45) is 0 Å². The van der Waals surface area contributed by atoms with Crippen molar-refractivity contribution in [1.29, 1.82) is 0 Å². The third-order valence-electron chi connectivity index (χ3n) is 2.94. The Labute approximate surface area is 125 Å². The molecule has 0 unspecified atom stereocenters. The summed E-state index contributed by atoms with van der Waals surface area (Å²) < 4.78 is 0. The number of nitrogens with one attached hydrogen (secondary N) is 1. The van der Waals surface area contributed by atoms with Gasteiger partial charge in [0.1, 0.15) is 5.75 Å². The molecule has 1 aromatic heterocycles. The Morgan fingerprint density at radius 1 is 1.05 bits per heavy atom. The molecule has 0 aliphatic rings. The van der Waals surface area contributed by atoms with E-state index in [9.17, 15) is 9.90 Å². The van der Waals surface area contributed by atoms with Crippen LogP contribution in [0.2, 0.25) is 5.02 Å². The molecule has 0 saturated heterocycles. The number of anilines is 1. The number of aromatic hydroxyl groups is 1. The molecule has 1 amide bonds. The predicted molar refractivity (Wildman–Crippen MR) is 80.6 cm³/mol.